The summed E-state index contributed by atoms with van der Waals surface area (Å²) in [5.74, 6) is 0.0277. The van der Waals surface area contributed by atoms with Crippen LogP contribution < -0.4 is 5.56 Å². The summed E-state index contributed by atoms with van der Waals surface area (Å²) in [5.41, 5.74) is 3.22. The Morgan fingerprint density at radius 2 is 1.82 bits per heavy atom. The minimum Gasteiger partial charge on any atom is -0.507 e. The molecule has 0 saturated carbocycles. The Kier molecular flexibility index (Phi) is 3.51. The maximum Gasteiger partial charge on any atom is 0.276 e. The van der Waals surface area contributed by atoms with Crippen molar-refractivity contribution < 1.29 is 5.11 Å². The van der Waals surface area contributed by atoms with Crippen molar-refractivity contribution in [3.63, 3.8) is 0 Å². The van der Waals surface area contributed by atoms with E-state index in [1.807, 2.05) is 55.5 Å². The van der Waals surface area contributed by atoms with Gasteiger partial charge in [-0.25, -0.2) is 4.98 Å². The molecule has 0 radical (unpaired) electrons. The van der Waals surface area contributed by atoms with Gasteiger partial charge >= 0.3 is 0 Å². The molecule has 0 amide bonds. The summed E-state index contributed by atoms with van der Waals surface area (Å²) in [6.07, 6.45) is 1.42. The van der Waals surface area contributed by atoms with Crippen LogP contribution in [-0.2, 0) is 7.05 Å². The molecular formula is C18H16N2O2. The van der Waals surface area contributed by atoms with Crippen molar-refractivity contribution in [2.75, 3.05) is 0 Å². The summed E-state index contributed by atoms with van der Waals surface area (Å²) in [5, 5.41) is 10.2. The number of nitrogens with zero attached hydrogens (tertiary/aromatic N) is 2. The number of fused-ring (bicyclic) bond motifs is 1. The molecule has 110 valence electrons. The van der Waals surface area contributed by atoms with Crippen LogP contribution in [0.3, 0.4) is 0 Å². The lowest BCUT2D eigenvalue weighted by Crippen LogP contribution is -2.21. The van der Waals surface area contributed by atoms with Crippen molar-refractivity contribution in [2.24, 2.45) is 7.05 Å². The van der Waals surface area contributed by atoms with Crippen LogP contribution in [0.1, 0.15) is 16.8 Å². The van der Waals surface area contributed by atoms with Crippen molar-refractivity contribution in [1.29, 1.82) is 0 Å². The van der Waals surface area contributed by atoms with E-state index >= 15 is 0 Å². The zero-order valence-corrected chi connectivity index (χ0v) is 12.4. The molecule has 0 fully saturated rings. The molecule has 3 rings (SSSR count). The molecule has 0 aliphatic carbocycles. The maximum absolute atomic E-state index is 12.3. The van der Waals surface area contributed by atoms with Crippen LogP contribution in [0.25, 0.3) is 22.9 Å². The van der Waals surface area contributed by atoms with Gasteiger partial charge in [-0.1, -0.05) is 42.0 Å². The van der Waals surface area contributed by atoms with Crippen LogP contribution in [0.4, 0.5) is 0 Å². The third kappa shape index (κ3) is 2.51. The second-order valence-electron chi connectivity index (χ2n) is 5.25. The highest BCUT2D eigenvalue weighted by atomic mass is 16.3. The zero-order valence-electron chi connectivity index (χ0n) is 12.4. The summed E-state index contributed by atoms with van der Waals surface area (Å²) < 4.78 is 1.54. The normalized spacial score (nSPS) is 11.8. The number of aryl methyl sites for hydroxylation is 2. The third-order valence-corrected chi connectivity index (χ3v) is 3.63. The van der Waals surface area contributed by atoms with Crippen LogP contribution >= 0.6 is 0 Å². The Morgan fingerprint density at radius 3 is 2.55 bits per heavy atom. The van der Waals surface area contributed by atoms with E-state index in [0.29, 0.717) is 11.1 Å². The third-order valence-electron chi connectivity index (χ3n) is 3.63. The standard InChI is InChI=1S/C18H16N2O2/c1-12-7-9-13(10-8-12)17(21)11-15-18(22)20(2)16-6-4-3-5-14(16)19-15/h3-11,21H,1-2H3/b17-11-. The van der Waals surface area contributed by atoms with Gasteiger partial charge in [0.2, 0.25) is 0 Å². The number of hydrogen-bond donors (Lipinski definition) is 1. The number of para-hydroxylation sites is 2. The minimum absolute atomic E-state index is 0.0277. The molecule has 2 aromatic carbocycles. The summed E-state index contributed by atoms with van der Waals surface area (Å²) in [4.78, 5) is 16.7. The Labute approximate surface area is 128 Å². The smallest absolute Gasteiger partial charge is 0.276 e. The summed E-state index contributed by atoms with van der Waals surface area (Å²) in [6, 6.07) is 14.9. The Bertz CT molecular complexity index is 922. The topological polar surface area (TPSA) is 55.1 Å². The number of rotatable bonds is 2. The Morgan fingerprint density at radius 1 is 1.14 bits per heavy atom. The van der Waals surface area contributed by atoms with Gasteiger partial charge in [-0.3, -0.25) is 4.79 Å². The lowest BCUT2D eigenvalue weighted by atomic mass is 10.1. The molecule has 0 spiro atoms. The van der Waals surface area contributed by atoms with E-state index in [-0.39, 0.29) is 17.0 Å². The first kappa shape index (κ1) is 14.1. The summed E-state index contributed by atoms with van der Waals surface area (Å²) in [7, 11) is 1.70. The molecular weight excluding hydrogens is 276 g/mol. The first-order valence-electron chi connectivity index (χ1n) is 7.00. The van der Waals surface area contributed by atoms with E-state index in [1.165, 1.54) is 10.6 Å². The fraction of sp³-hybridized carbons (Fsp3) is 0.111. The van der Waals surface area contributed by atoms with E-state index in [2.05, 4.69) is 4.98 Å². The van der Waals surface area contributed by atoms with E-state index in [0.717, 1.165) is 11.1 Å². The van der Waals surface area contributed by atoms with E-state index < -0.39 is 0 Å². The van der Waals surface area contributed by atoms with Crippen LogP contribution in [0.2, 0.25) is 0 Å². The second kappa shape index (κ2) is 5.48. The number of aliphatic hydroxyl groups is 1. The fourth-order valence-corrected chi connectivity index (χ4v) is 2.33. The predicted octanol–water partition coefficient (Wildman–Crippen LogP) is 3.30. The molecule has 0 aliphatic heterocycles. The number of aliphatic hydroxyl groups excluding tert-OH is 1. The molecule has 3 aromatic rings. The lowest BCUT2D eigenvalue weighted by molar-refractivity contribution is 0.515. The van der Waals surface area contributed by atoms with Gasteiger partial charge in [0.25, 0.3) is 5.56 Å². The molecule has 0 aliphatic rings. The van der Waals surface area contributed by atoms with Crippen molar-refractivity contribution in [3.05, 3.63) is 75.7 Å². The molecule has 4 heteroatoms. The average molecular weight is 292 g/mol. The molecule has 1 heterocycles. The van der Waals surface area contributed by atoms with Gasteiger partial charge in [-0.2, -0.15) is 0 Å². The van der Waals surface area contributed by atoms with Crippen LogP contribution in [-0.4, -0.2) is 14.7 Å². The second-order valence-corrected chi connectivity index (χ2v) is 5.25. The molecule has 0 saturated heterocycles. The van der Waals surface area contributed by atoms with E-state index in [4.69, 9.17) is 0 Å². The quantitative estimate of drug-likeness (QED) is 0.737. The largest absolute Gasteiger partial charge is 0.507 e. The number of hydrogen-bond acceptors (Lipinski definition) is 3. The monoisotopic (exact) mass is 292 g/mol. The van der Waals surface area contributed by atoms with Gasteiger partial charge in [0, 0.05) is 18.7 Å². The SMILES string of the molecule is Cc1ccc(/C(O)=C/c2nc3ccccc3n(C)c2=O)cc1. The van der Waals surface area contributed by atoms with Gasteiger partial charge < -0.3 is 9.67 Å². The van der Waals surface area contributed by atoms with E-state index in [1.54, 1.807) is 7.05 Å². The molecule has 0 atom stereocenters. The highest BCUT2D eigenvalue weighted by Gasteiger charge is 2.08. The van der Waals surface area contributed by atoms with E-state index in [9.17, 15) is 9.90 Å². The Balaban J connectivity index is 2.14. The first-order chi connectivity index (χ1) is 10.6. The molecule has 4 nitrogen and oxygen atoms in total. The Hall–Kier alpha value is -2.88. The minimum atomic E-state index is -0.239. The molecule has 0 unspecified atom stereocenters. The maximum atomic E-state index is 12.3. The fourth-order valence-electron chi connectivity index (χ4n) is 2.33. The van der Waals surface area contributed by atoms with Crippen molar-refractivity contribution >= 4 is 22.9 Å². The zero-order chi connectivity index (χ0) is 15.7. The van der Waals surface area contributed by atoms with Crippen LogP contribution in [0.15, 0.2) is 53.3 Å². The van der Waals surface area contributed by atoms with Crippen LogP contribution in [0.5, 0.6) is 0 Å². The molecule has 1 aromatic heterocycles. The van der Waals surface area contributed by atoms with Crippen LogP contribution in [0, 0.1) is 6.92 Å². The van der Waals surface area contributed by atoms with Gasteiger partial charge in [0.1, 0.15) is 11.5 Å². The van der Waals surface area contributed by atoms with Crippen molar-refractivity contribution in [2.45, 2.75) is 6.92 Å². The van der Waals surface area contributed by atoms with Gasteiger partial charge in [-0.05, 0) is 19.1 Å². The average Bonchev–Trinajstić information content (AvgIpc) is 2.53. The van der Waals surface area contributed by atoms with Gasteiger partial charge in [0.05, 0.1) is 11.0 Å². The molecule has 1 N–H and O–H groups in total. The lowest BCUT2D eigenvalue weighted by Gasteiger charge is -2.06. The molecule has 22 heavy (non-hydrogen) atoms. The van der Waals surface area contributed by atoms with Gasteiger partial charge in [0.15, 0.2) is 0 Å². The summed E-state index contributed by atoms with van der Waals surface area (Å²) >= 11 is 0. The molecule has 0 bridgehead atoms. The number of benzene rings is 2. The summed E-state index contributed by atoms with van der Waals surface area (Å²) in [6.45, 7) is 1.98. The predicted molar refractivity (Wildman–Crippen MR) is 88.7 cm³/mol. The highest BCUT2D eigenvalue weighted by Crippen LogP contribution is 2.15. The first-order valence-corrected chi connectivity index (χ1v) is 7.00. The number of aromatic nitrogens is 2. The van der Waals surface area contributed by atoms with Crippen molar-refractivity contribution in [1.82, 2.24) is 9.55 Å². The highest BCUT2D eigenvalue weighted by molar-refractivity contribution is 5.79. The van der Waals surface area contributed by atoms with Crippen molar-refractivity contribution in [3.8, 4) is 0 Å². The van der Waals surface area contributed by atoms with Gasteiger partial charge in [-0.15, -0.1) is 0 Å².